The van der Waals surface area contributed by atoms with Gasteiger partial charge in [0.2, 0.25) is 0 Å². The van der Waals surface area contributed by atoms with Gasteiger partial charge in [0.25, 0.3) is 6.08 Å². The lowest BCUT2D eigenvalue weighted by molar-refractivity contribution is 0.304. The lowest BCUT2D eigenvalue weighted by Crippen LogP contribution is -1.97. The standard InChI is InChI=1S/C23H28F2O/c1-2-3-4-5-6-7-8-17-26-22-15-13-21(14-16-22)20-11-9-19(10-12-20)18-23(24)25/h9-16,18H,2-8,17H2,1H3. The molecular weight excluding hydrogens is 330 g/mol. The third-order valence-corrected chi connectivity index (χ3v) is 4.39. The quantitative estimate of drug-likeness (QED) is 0.374. The largest absolute Gasteiger partial charge is 0.494 e. The Balaban J connectivity index is 1.75. The highest BCUT2D eigenvalue weighted by atomic mass is 19.3. The average molecular weight is 358 g/mol. The molecule has 0 saturated carbocycles. The Labute approximate surface area is 155 Å². The highest BCUT2D eigenvalue weighted by Crippen LogP contribution is 2.23. The minimum atomic E-state index is -1.68. The van der Waals surface area contributed by atoms with Crippen LogP contribution in [0, 0.1) is 0 Å². The minimum absolute atomic E-state index is 0.503. The predicted octanol–water partition coefficient (Wildman–Crippen LogP) is 7.72. The molecule has 0 atom stereocenters. The van der Waals surface area contributed by atoms with Crippen molar-refractivity contribution >= 4 is 6.08 Å². The summed E-state index contributed by atoms with van der Waals surface area (Å²) >= 11 is 0. The van der Waals surface area contributed by atoms with Crippen LogP contribution in [0.3, 0.4) is 0 Å². The van der Waals surface area contributed by atoms with Crippen LogP contribution in [0.25, 0.3) is 17.2 Å². The zero-order valence-electron chi connectivity index (χ0n) is 15.5. The Kier molecular flexibility index (Phi) is 8.88. The third kappa shape index (κ3) is 7.38. The number of ether oxygens (including phenoxy) is 1. The molecule has 0 aliphatic heterocycles. The second-order valence-electron chi connectivity index (χ2n) is 6.55. The van der Waals surface area contributed by atoms with Gasteiger partial charge in [-0.25, -0.2) is 0 Å². The summed E-state index contributed by atoms with van der Waals surface area (Å²) in [4.78, 5) is 0. The van der Waals surface area contributed by atoms with Crippen molar-refractivity contribution in [2.24, 2.45) is 0 Å². The number of hydrogen-bond acceptors (Lipinski definition) is 1. The first-order chi connectivity index (χ1) is 12.7. The van der Waals surface area contributed by atoms with Crippen LogP contribution >= 0.6 is 0 Å². The lowest BCUT2D eigenvalue weighted by atomic mass is 10.0. The molecule has 0 fully saturated rings. The first-order valence-corrected chi connectivity index (χ1v) is 9.55. The fourth-order valence-corrected chi connectivity index (χ4v) is 2.89. The van der Waals surface area contributed by atoms with E-state index in [-0.39, 0.29) is 0 Å². The van der Waals surface area contributed by atoms with E-state index >= 15 is 0 Å². The summed E-state index contributed by atoms with van der Waals surface area (Å²) in [5, 5.41) is 0. The second kappa shape index (κ2) is 11.5. The van der Waals surface area contributed by atoms with Crippen LogP contribution in [-0.2, 0) is 0 Å². The Morgan fingerprint density at radius 1 is 0.769 bits per heavy atom. The SMILES string of the molecule is CCCCCCCCCOc1ccc(-c2ccc(C=C(F)F)cc2)cc1. The van der Waals surface area contributed by atoms with E-state index in [1.54, 1.807) is 12.1 Å². The van der Waals surface area contributed by atoms with Crippen molar-refractivity contribution in [1.82, 2.24) is 0 Å². The number of rotatable bonds is 11. The molecule has 0 amide bonds. The van der Waals surface area contributed by atoms with Crippen LogP contribution < -0.4 is 4.74 Å². The maximum atomic E-state index is 12.3. The summed E-state index contributed by atoms with van der Waals surface area (Å²) < 4.78 is 30.3. The Morgan fingerprint density at radius 3 is 1.88 bits per heavy atom. The smallest absolute Gasteiger partial charge is 0.270 e. The van der Waals surface area contributed by atoms with Crippen molar-refractivity contribution in [1.29, 1.82) is 0 Å². The fourth-order valence-electron chi connectivity index (χ4n) is 2.89. The van der Waals surface area contributed by atoms with Crippen LogP contribution in [0.15, 0.2) is 54.6 Å². The molecule has 2 rings (SSSR count). The second-order valence-corrected chi connectivity index (χ2v) is 6.55. The van der Waals surface area contributed by atoms with Gasteiger partial charge in [-0.15, -0.1) is 0 Å². The highest BCUT2D eigenvalue weighted by Gasteiger charge is 2.00. The highest BCUT2D eigenvalue weighted by molar-refractivity contribution is 5.66. The maximum Gasteiger partial charge on any atom is 0.270 e. The monoisotopic (exact) mass is 358 g/mol. The summed E-state index contributed by atoms with van der Waals surface area (Å²) in [5.74, 6) is 0.874. The number of benzene rings is 2. The summed E-state index contributed by atoms with van der Waals surface area (Å²) in [6.45, 7) is 2.99. The molecular formula is C23H28F2O. The molecule has 140 valence electrons. The molecule has 3 heteroatoms. The Bertz CT molecular complexity index is 656. The first-order valence-electron chi connectivity index (χ1n) is 9.55. The molecule has 1 nitrogen and oxygen atoms in total. The van der Waals surface area contributed by atoms with Crippen LogP contribution in [0.1, 0.15) is 57.4 Å². The predicted molar refractivity (Wildman–Crippen MR) is 106 cm³/mol. The van der Waals surface area contributed by atoms with E-state index in [1.807, 2.05) is 36.4 Å². The van der Waals surface area contributed by atoms with Gasteiger partial charge in [-0.2, -0.15) is 8.78 Å². The van der Waals surface area contributed by atoms with Crippen LogP contribution in [0.5, 0.6) is 5.75 Å². The summed E-state index contributed by atoms with van der Waals surface area (Å²) in [6.07, 6.45) is 8.10. The molecule has 2 aromatic carbocycles. The zero-order valence-corrected chi connectivity index (χ0v) is 15.5. The van der Waals surface area contributed by atoms with E-state index in [0.717, 1.165) is 36.0 Å². The summed E-state index contributed by atoms with van der Waals surface area (Å²) in [7, 11) is 0. The molecule has 0 saturated heterocycles. The molecule has 0 unspecified atom stereocenters. The molecule has 0 aliphatic rings. The van der Waals surface area contributed by atoms with Crippen LogP contribution in [0.2, 0.25) is 0 Å². The van der Waals surface area contributed by atoms with Crippen molar-refractivity contribution in [3.05, 3.63) is 60.2 Å². The minimum Gasteiger partial charge on any atom is -0.494 e. The van der Waals surface area contributed by atoms with Gasteiger partial charge in [-0.1, -0.05) is 81.8 Å². The first kappa shape index (κ1) is 20.2. The number of unbranched alkanes of at least 4 members (excludes halogenated alkanes) is 6. The van der Waals surface area contributed by atoms with Gasteiger partial charge >= 0.3 is 0 Å². The van der Waals surface area contributed by atoms with Crippen molar-refractivity contribution in [3.8, 4) is 16.9 Å². The van der Waals surface area contributed by atoms with E-state index in [4.69, 9.17) is 4.74 Å². The van der Waals surface area contributed by atoms with Gasteiger partial charge in [0, 0.05) is 6.08 Å². The van der Waals surface area contributed by atoms with Crippen molar-refractivity contribution in [2.45, 2.75) is 51.9 Å². The topological polar surface area (TPSA) is 9.23 Å². The molecule has 0 aromatic heterocycles. The van der Waals surface area contributed by atoms with Crippen LogP contribution in [-0.4, -0.2) is 6.61 Å². The normalized spacial score (nSPS) is 10.6. The van der Waals surface area contributed by atoms with Crippen molar-refractivity contribution in [2.75, 3.05) is 6.61 Å². The molecule has 0 spiro atoms. The molecule has 0 aliphatic carbocycles. The average Bonchev–Trinajstić information content (AvgIpc) is 2.65. The molecule has 26 heavy (non-hydrogen) atoms. The molecule has 0 bridgehead atoms. The van der Waals surface area contributed by atoms with Crippen molar-refractivity contribution < 1.29 is 13.5 Å². The molecule has 0 radical (unpaired) electrons. The summed E-state index contributed by atoms with van der Waals surface area (Å²) in [5.41, 5.74) is 2.55. The van der Waals surface area contributed by atoms with Gasteiger partial charge < -0.3 is 4.74 Å². The lowest BCUT2D eigenvalue weighted by Gasteiger charge is -2.08. The van der Waals surface area contributed by atoms with Gasteiger partial charge in [0.1, 0.15) is 5.75 Å². The number of hydrogen-bond donors (Lipinski definition) is 0. The van der Waals surface area contributed by atoms with Crippen molar-refractivity contribution in [3.63, 3.8) is 0 Å². The summed E-state index contributed by atoms with van der Waals surface area (Å²) in [6, 6.07) is 15.0. The zero-order chi connectivity index (χ0) is 18.6. The van der Waals surface area contributed by atoms with E-state index in [9.17, 15) is 8.78 Å². The van der Waals surface area contributed by atoms with Gasteiger partial charge in [-0.3, -0.25) is 0 Å². The van der Waals surface area contributed by atoms with E-state index in [2.05, 4.69) is 6.92 Å². The Hall–Kier alpha value is -2.16. The molecule has 2 aromatic rings. The maximum absolute atomic E-state index is 12.3. The van der Waals surface area contributed by atoms with Gasteiger partial charge in [0.15, 0.2) is 0 Å². The van der Waals surface area contributed by atoms with E-state index in [0.29, 0.717) is 5.56 Å². The van der Waals surface area contributed by atoms with Crippen LogP contribution in [0.4, 0.5) is 8.78 Å². The van der Waals surface area contributed by atoms with E-state index < -0.39 is 6.08 Å². The Morgan fingerprint density at radius 2 is 1.31 bits per heavy atom. The van der Waals surface area contributed by atoms with Gasteiger partial charge in [-0.05, 0) is 35.2 Å². The molecule has 0 heterocycles. The van der Waals surface area contributed by atoms with Gasteiger partial charge in [0.05, 0.1) is 6.61 Å². The molecule has 0 N–H and O–H groups in total. The fraction of sp³-hybridized carbons (Fsp3) is 0.391. The number of halogens is 2. The third-order valence-electron chi connectivity index (χ3n) is 4.39. The van der Waals surface area contributed by atoms with E-state index in [1.165, 1.54) is 38.5 Å².